The van der Waals surface area contributed by atoms with E-state index in [1.54, 1.807) is 6.07 Å². The molecule has 0 saturated heterocycles. The zero-order valence-electron chi connectivity index (χ0n) is 7.07. The van der Waals surface area contributed by atoms with Crippen molar-refractivity contribution in [1.82, 2.24) is 0 Å². The van der Waals surface area contributed by atoms with E-state index in [1.807, 2.05) is 6.07 Å². The van der Waals surface area contributed by atoms with Gasteiger partial charge in [-0.3, -0.25) is 0 Å². The van der Waals surface area contributed by atoms with Crippen molar-refractivity contribution in [3.8, 4) is 6.07 Å². The smallest absolute Gasteiger partial charge is 0.225 e. The average Bonchev–Trinajstić information content (AvgIpc) is 2.15. The van der Waals surface area contributed by atoms with Gasteiger partial charge >= 0.3 is 0 Å². The van der Waals surface area contributed by atoms with Gasteiger partial charge in [0.25, 0.3) is 0 Å². The van der Waals surface area contributed by atoms with Gasteiger partial charge < -0.3 is 0 Å². The van der Waals surface area contributed by atoms with E-state index in [0.29, 0.717) is 10.9 Å². The van der Waals surface area contributed by atoms with E-state index in [1.165, 1.54) is 12.1 Å². The summed E-state index contributed by atoms with van der Waals surface area (Å²) in [4.78, 5) is -0.0428. The maximum atomic E-state index is 11.0. The molecule has 0 radical (unpaired) electrons. The van der Waals surface area contributed by atoms with E-state index in [4.69, 9.17) is 10.4 Å². The molecule has 0 amide bonds. The van der Waals surface area contributed by atoms with Crippen LogP contribution in [0.25, 0.3) is 0 Å². The van der Waals surface area contributed by atoms with E-state index in [9.17, 15) is 8.42 Å². The molecular weight excluding hydrogens is 268 g/mol. The Morgan fingerprint density at radius 2 is 2.14 bits per heavy atom. The normalized spacial score (nSPS) is 10.9. The Labute approximate surface area is 90.5 Å². The highest BCUT2D eigenvalue weighted by atomic mass is 79.9. The Balaban J connectivity index is 3.38. The Kier molecular flexibility index (Phi) is 3.26. The number of hydrogen-bond acceptors (Lipinski definition) is 3. The van der Waals surface area contributed by atoms with Crippen molar-refractivity contribution in [2.45, 2.75) is 10.2 Å². The number of halogens is 1. The molecule has 0 unspecified atom stereocenters. The lowest BCUT2D eigenvalue weighted by molar-refractivity contribution is 0.598. The number of nitrogens with zero attached hydrogens (tertiary/aromatic N) is 1. The first-order valence-electron chi connectivity index (χ1n) is 3.61. The summed E-state index contributed by atoms with van der Waals surface area (Å²) in [6, 6.07) is 6.12. The second-order valence-corrected chi connectivity index (χ2v) is 4.73. The van der Waals surface area contributed by atoms with Crippen molar-refractivity contribution >= 4 is 26.0 Å². The first-order chi connectivity index (χ1) is 6.49. The largest absolute Gasteiger partial charge is 0.238 e. The lowest BCUT2D eigenvalue weighted by Crippen LogP contribution is -2.12. The highest BCUT2D eigenvalue weighted by molar-refractivity contribution is 9.08. The fourth-order valence-electron chi connectivity index (χ4n) is 0.953. The molecule has 0 aliphatic carbocycles. The third-order valence-corrected chi connectivity index (χ3v) is 3.19. The monoisotopic (exact) mass is 274 g/mol. The summed E-state index contributed by atoms with van der Waals surface area (Å²) in [6.45, 7) is 0. The van der Waals surface area contributed by atoms with Crippen LogP contribution in [0.15, 0.2) is 23.1 Å². The number of primary sulfonamides is 1. The molecule has 0 aliphatic heterocycles. The lowest BCUT2D eigenvalue weighted by Gasteiger charge is -2.02. The summed E-state index contributed by atoms with van der Waals surface area (Å²) in [5.74, 6) is 0. The van der Waals surface area contributed by atoms with Gasteiger partial charge in [-0.05, 0) is 17.7 Å². The number of alkyl halides is 1. The fraction of sp³-hybridized carbons (Fsp3) is 0.125. The van der Waals surface area contributed by atoms with Gasteiger partial charge in [0.2, 0.25) is 10.0 Å². The summed E-state index contributed by atoms with van der Waals surface area (Å²) in [5.41, 5.74) is 1.05. The van der Waals surface area contributed by atoms with Crippen LogP contribution >= 0.6 is 15.9 Å². The molecule has 0 spiro atoms. The number of hydrogen-bond donors (Lipinski definition) is 1. The number of nitriles is 1. The van der Waals surface area contributed by atoms with Crippen LogP contribution in [0.4, 0.5) is 0 Å². The van der Waals surface area contributed by atoms with Crippen molar-refractivity contribution in [2.24, 2.45) is 5.14 Å². The van der Waals surface area contributed by atoms with Gasteiger partial charge in [0, 0.05) is 5.33 Å². The fourth-order valence-corrected chi connectivity index (χ4v) is 1.98. The molecule has 6 heteroatoms. The zero-order valence-corrected chi connectivity index (χ0v) is 9.47. The van der Waals surface area contributed by atoms with Crippen LogP contribution in [0, 0.1) is 11.3 Å². The molecule has 1 aromatic rings. The van der Waals surface area contributed by atoms with Crippen molar-refractivity contribution < 1.29 is 8.42 Å². The van der Waals surface area contributed by atoms with E-state index in [2.05, 4.69) is 15.9 Å². The first kappa shape index (κ1) is 11.2. The zero-order chi connectivity index (χ0) is 10.8. The molecule has 0 aromatic heterocycles. The molecule has 0 bridgehead atoms. The van der Waals surface area contributed by atoms with Crippen LogP contribution in [-0.4, -0.2) is 8.42 Å². The quantitative estimate of drug-likeness (QED) is 0.820. The van der Waals surface area contributed by atoms with Gasteiger partial charge in [0.15, 0.2) is 0 Å². The van der Waals surface area contributed by atoms with E-state index >= 15 is 0 Å². The van der Waals surface area contributed by atoms with Crippen LogP contribution in [0.3, 0.4) is 0 Å². The van der Waals surface area contributed by atoms with Crippen LogP contribution in [0.5, 0.6) is 0 Å². The van der Waals surface area contributed by atoms with Crippen LogP contribution in [0.1, 0.15) is 11.1 Å². The lowest BCUT2D eigenvalue weighted by atomic mass is 10.1. The van der Waals surface area contributed by atoms with Gasteiger partial charge in [-0.2, -0.15) is 5.26 Å². The van der Waals surface area contributed by atoms with E-state index in [0.717, 1.165) is 5.56 Å². The van der Waals surface area contributed by atoms with Gasteiger partial charge in [0.05, 0.1) is 16.5 Å². The van der Waals surface area contributed by atoms with Crippen LogP contribution in [0.2, 0.25) is 0 Å². The van der Waals surface area contributed by atoms with Crippen molar-refractivity contribution in [2.75, 3.05) is 0 Å². The van der Waals surface area contributed by atoms with Crippen molar-refractivity contribution in [1.29, 1.82) is 5.26 Å². The van der Waals surface area contributed by atoms with Crippen molar-refractivity contribution in [3.63, 3.8) is 0 Å². The Morgan fingerprint density at radius 3 is 2.57 bits per heavy atom. The summed E-state index contributed by atoms with van der Waals surface area (Å²) in [5, 5.41) is 14.2. The Hall–Kier alpha value is -0.900. The molecule has 14 heavy (non-hydrogen) atoms. The minimum absolute atomic E-state index is 0.0428. The summed E-state index contributed by atoms with van der Waals surface area (Å²) < 4.78 is 21.9. The highest BCUT2D eigenvalue weighted by Gasteiger charge is 2.10. The number of benzene rings is 1. The number of rotatable bonds is 2. The third kappa shape index (κ3) is 2.32. The maximum absolute atomic E-state index is 11.0. The molecule has 1 rings (SSSR count). The van der Waals surface area contributed by atoms with E-state index < -0.39 is 10.0 Å². The van der Waals surface area contributed by atoms with Gasteiger partial charge in [-0.15, -0.1) is 0 Å². The predicted molar refractivity (Wildman–Crippen MR) is 55.2 cm³/mol. The highest BCUT2D eigenvalue weighted by Crippen LogP contribution is 2.16. The molecule has 0 aliphatic rings. The summed E-state index contributed by atoms with van der Waals surface area (Å²) in [7, 11) is -3.73. The van der Waals surface area contributed by atoms with Crippen molar-refractivity contribution in [3.05, 3.63) is 29.3 Å². The second-order valence-electron chi connectivity index (χ2n) is 2.61. The maximum Gasteiger partial charge on any atom is 0.238 e. The summed E-state index contributed by atoms with van der Waals surface area (Å²) >= 11 is 3.19. The molecule has 0 atom stereocenters. The van der Waals surface area contributed by atoms with Crippen LogP contribution in [-0.2, 0) is 15.4 Å². The Bertz CT molecular complexity index is 491. The molecule has 1 aromatic carbocycles. The predicted octanol–water partition coefficient (Wildman–Crippen LogP) is 1.10. The third-order valence-electron chi connectivity index (χ3n) is 1.67. The Morgan fingerprint density at radius 1 is 1.50 bits per heavy atom. The molecular formula is C8H7BrN2O2S. The molecule has 0 saturated carbocycles. The standard InChI is InChI=1S/C8H7BrN2O2S/c9-4-6-1-2-8(14(11,12)13)3-7(6)5-10/h1-3H,4H2,(H2,11,12,13). The average molecular weight is 275 g/mol. The van der Waals surface area contributed by atoms with E-state index in [-0.39, 0.29) is 4.90 Å². The SMILES string of the molecule is N#Cc1cc(S(N)(=O)=O)ccc1CBr. The van der Waals surface area contributed by atoms with Crippen LogP contribution < -0.4 is 5.14 Å². The molecule has 2 N–H and O–H groups in total. The minimum Gasteiger partial charge on any atom is -0.225 e. The van der Waals surface area contributed by atoms with Gasteiger partial charge in [-0.25, -0.2) is 13.6 Å². The topological polar surface area (TPSA) is 83.9 Å². The molecule has 0 heterocycles. The molecule has 74 valence electrons. The first-order valence-corrected chi connectivity index (χ1v) is 6.27. The number of nitrogens with two attached hydrogens (primary N) is 1. The summed E-state index contributed by atoms with van der Waals surface area (Å²) in [6.07, 6.45) is 0. The molecule has 0 fully saturated rings. The number of sulfonamides is 1. The minimum atomic E-state index is -3.73. The molecule has 4 nitrogen and oxygen atoms in total. The van der Waals surface area contributed by atoms with Gasteiger partial charge in [0.1, 0.15) is 0 Å². The van der Waals surface area contributed by atoms with Gasteiger partial charge in [-0.1, -0.05) is 22.0 Å². The second kappa shape index (κ2) is 4.09.